The zero-order chi connectivity index (χ0) is 22.9. The lowest BCUT2D eigenvalue weighted by Crippen LogP contribution is -2.17. The topological polar surface area (TPSA) is 86.7 Å². The van der Waals surface area contributed by atoms with E-state index >= 15 is 0 Å². The maximum absolute atomic E-state index is 13.0. The lowest BCUT2D eigenvalue weighted by atomic mass is 10.1. The number of aryl methyl sites for hydroxylation is 2. The third-order valence-corrected chi connectivity index (χ3v) is 7.20. The van der Waals surface area contributed by atoms with Gasteiger partial charge < -0.3 is 9.15 Å². The standard InChI is InChI=1S/C24H19N3O4S2/c1-14-7-8-20-26-16(9-21(28)27(20)10-14)11-30-23(29)22-18(13-33-24-25-15(2)12-32-24)17-5-3-4-6-19(17)31-22/h3-10,12H,11,13H2,1-2H3. The summed E-state index contributed by atoms with van der Waals surface area (Å²) in [5, 5.41) is 2.86. The van der Waals surface area contributed by atoms with Gasteiger partial charge in [-0.25, -0.2) is 14.8 Å². The van der Waals surface area contributed by atoms with Crippen LogP contribution in [0.2, 0.25) is 0 Å². The molecule has 4 aromatic heterocycles. The number of rotatable bonds is 6. The predicted octanol–water partition coefficient (Wildman–Crippen LogP) is 5.16. The number of ether oxygens (including phenoxy) is 1. The van der Waals surface area contributed by atoms with E-state index in [-0.39, 0.29) is 17.9 Å². The summed E-state index contributed by atoms with van der Waals surface area (Å²) in [6, 6.07) is 12.5. The van der Waals surface area contributed by atoms with Gasteiger partial charge >= 0.3 is 5.97 Å². The summed E-state index contributed by atoms with van der Waals surface area (Å²) in [4.78, 5) is 34.3. The molecule has 0 spiro atoms. The minimum Gasteiger partial charge on any atom is -0.453 e. The fourth-order valence-electron chi connectivity index (χ4n) is 3.48. The van der Waals surface area contributed by atoms with E-state index in [4.69, 9.17) is 9.15 Å². The van der Waals surface area contributed by atoms with Gasteiger partial charge in [0, 0.05) is 40.0 Å². The summed E-state index contributed by atoms with van der Waals surface area (Å²) in [5.74, 6) is 0.0803. The number of fused-ring (bicyclic) bond motifs is 2. The first kappa shape index (κ1) is 21.4. The molecule has 0 radical (unpaired) electrons. The zero-order valence-corrected chi connectivity index (χ0v) is 19.5. The number of nitrogens with zero attached hydrogens (tertiary/aromatic N) is 3. The number of hydrogen-bond acceptors (Lipinski definition) is 8. The first-order valence-corrected chi connectivity index (χ1v) is 12.1. The first-order chi connectivity index (χ1) is 16.0. The quantitative estimate of drug-likeness (QED) is 0.246. The Morgan fingerprint density at radius 1 is 1.18 bits per heavy atom. The molecule has 166 valence electrons. The summed E-state index contributed by atoms with van der Waals surface area (Å²) in [5.41, 5.74) is 3.95. The Kier molecular flexibility index (Phi) is 5.74. The van der Waals surface area contributed by atoms with Crippen LogP contribution in [0.3, 0.4) is 0 Å². The van der Waals surface area contributed by atoms with Crippen molar-refractivity contribution in [3.05, 3.63) is 92.7 Å². The van der Waals surface area contributed by atoms with Crippen molar-refractivity contribution in [2.24, 2.45) is 0 Å². The lowest BCUT2D eigenvalue weighted by molar-refractivity contribution is 0.0432. The largest absolute Gasteiger partial charge is 0.453 e. The third-order valence-electron chi connectivity index (χ3n) is 5.03. The molecule has 5 rings (SSSR count). The Morgan fingerprint density at radius 3 is 2.85 bits per heavy atom. The minimum atomic E-state index is -0.594. The first-order valence-electron chi connectivity index (χ1n) is 10.2. The van der Waals surface area contributed by atoms with Gasteiger partial charge in [-0.2, -0.15) is 0 Å². The highest BCUT2D eigenvalue weighted by atomic mass is 32.2. The molecule has 0 aliphatic carbocycles. The van der Waals surface area contributed by atoms with Crippen LogP contribution in [0.25, 0.3) is 16.6 Å². The van der Waals surface area contributed by atoms with Crippen LogP contribution in [-0.4, -0.2) is 20.3 Å². The van der Waals surface area contributed by atoms with Crippen LogP contribution in [0.15, 0.2) is 67.6 Å². The van der Waals surface area contributed by atoms with Gasteiger partial charge in [-0.05, 0) is 31.5 Å². The van der Waals surface area contributed by atoms with Crippen LogP contribution in [0.4, 0.5) is 0 Å². The molecule has 0 atom stereocenters. The van der Waals surface area contributed by atoms with E-state index in [0.717, 1.165) is 26.5 Å². The smallest absolute Gasteiger partial charge is 0.374 e. The second-order valence-electron chi connectivity index (χ2n) is 7.55. The van der Waals surface area contributed by atoms with E-state index in [1.54, 1.807) is 35.4 Å². The molecule has 5 aromatic rings. The van der Waals surface area contributed by atoms with E-state index in [2.05, 4.69) is 9.97 Å². The molecule has 0 aliphatic rings. The average molecular weight is 478 g/mol. The highest BCUT2D eigenvalue weighted by Crippen LogP contribution is 2.33. The molecule has 0 bridgehead atoms. The Balaban J connectivity index is 1.39. The molecule has 0 saturated carbocycles. The van der Waals surface area contributed by atoms with Crippen LogP contribution in [0.5, 0.6) is 0 Å². The number of para-hydroxylation sites is 1. The number of pyridine rings is 1. The summed E-state index contributed by atoms with van der Waals surface area (Å²) in [7, 11) is 0. The molecule has 0 N–H and O–H groups in total. The normalized spacial score (nSPS) is 11.3. The maximum atomic E-state index is 13.0. The summed E-state index contributed by atoms with van der Waals surface area (Å²) >= 11 is 3.11. The molecule has 4 heterocycles. The summed E-state index contributed by atoms with van der Waals surface area (Å²) < 4.78 is 13.8. The second kappa shape index (κ2) is 8.84. The van der Waals surface area contributed by atoms with Gasteiger partial charge in [-0.15, -0.1) is 11.3 Å². The van der Waals surface area contributed by atoms with Crippen LogP contribution >= 0.6 is 23.1 Å². The van der Waals surface area contributed by atoms with E-state index in [0.29, 0.717) is 22.7 Å². The molecule has 9 heteroatoms. The van der Waals surface area contributed by atoms with Crippen molar-refractivity contribution in [2.45, 2.75) is 30.5 Å². The highest BCUT2D eigenvalue weighted by molar-refractivity contribution is 8.00. The molecule has 0 aliphatic heterocycles. The number of thioether (sulfide) groups is 1. The lowest BCUT2D eigenvalue weighted by Gasteiger charge is -2.06. The Morgan fingerprint density at radius 2 is 2.03 bits per heavy atom. The number of aromatic nitrogens is 3. The van der Waals surface area contributed by atoms with Crippen LogP contribution < -0.4 is 5.56 Å². The number of thiazole rings is 1. The van der Waals surface area contributed by atoms with Crippen LogP contribution in [0.1, 0.15) is 33.1 Å². The number of carbonyl (C=O) groups is 1. The van der Waals surface area contributed by atoms with Gasteiger partial charge in [0.15, 0.2) is 0 Å². The van der Waals surface area contributed by atoms with Crippen molar-refractivity contribution in [1.82, 2.24) is 14.4 Å². The molecule has 0 fully saturated rings. The van der Waals surface area contributed by atoms with Crippen molar-refractivity contribution in [1.29, 1.82) is 0 Å². The van der Waals surface area contributed by atoms with E-state index in [9.17, 15) is 9.59 Å². The highest BCUT2D eigenvalue weighted by Gasteiger charge is 2.22. The average Bonchev–Trinajstić information content (AvgIpc) is 3.39. The molecule has 0 unspecified atom stereocenters. The summed E-state index contributed by atoms with van der Waals surface area (Å²) in [6.07, 6.45) is 1.72. The Labute approximate surface area is 197 Å². The molecule has 33 heavy (non-hydrogen) atoms. The third kappa shape index (κ3) is 4.42. The van der Waals surface area contributed by atoms with Crippen molar-refractivity contribution in [2.75, 3.05) is 0 Å². The number of hydrogen-bond donors (Lipinski definition) is 0. The SMILES string of the molecule is Cc1ccc2nc(COC(=O)c3oc4ccccc4c3CSc3nc(C)cs3)cc(=O)n2c1. The Hall–Kier alpha value is -3.43. The number of furan rings is 1. The molecular weight excluding hydrogens is 458 g/mol. The van der Waals surface area contributed by atoms with Crippen molar-refractivity contribution in [3.8, 4) is 0 Å². The van der Waals surface area contributed by atoms with Crippen molar-refractivity contribution < 1.29 is 13.9 Å². The van der Waals surface area contributed by atoms with Crippen LogP contribution in [0, 0.1) is 13.8 Å². The van der Waals surface area contributed by atoms with E-state index in [1.807, 2.05) is 49.6 Å². The minimum absolute atomic E-state index is 0.131. The number of benzene rings is 1. The maximum Gasteiger partial charge on any atom is 0.374 e. The second-order valence-corrected chi connectivity index (χ2v) is 9.63. The number of esters is 1. The van der Waals surface area contributed by atoms with E-state index < -0.39 is 5.97 Å². The fraction of sp³-hybridized carbons (Fsp3) is 0.167. The van der Waals surface area contributed by atoms with Gasteiger partial charge in [0.2, 0.25) is 5.76 Å². The van der Waals surface area contributed by atoms with Gasteiger partial charge in [0.1, 0.15) is 22.2 Å². The van der Waals surface area contributed by atoms with Gasteiger partial charge in [0.05, 0.1) is 5.69 Å². The number of carbonyl (C=O) groups excluding carboxylic acids is 1. The van der Waals surface area contributed by atoms with Crippen LogP contribution in [-0.2, 0) is 17.1 Å². The van der Waals surface area contributed by atoms with Crippen molar-refractivity contribution >= 4 is 45.7 Å². The van der Waals surface area contributed by atoms with Gasteiger partial charge in [-0.1, -0.05) is 36.0 Å². The fourth-order valence-corrected chi connectivity index (χ4v) is 5.35. The monoisotopic (exact) mass is 477 g/mol. The van der Waals surface area contributed by atoms with Crippen molar-refractivity contribution in [3.63, 3.8) is 0 Å². The zero-order valence-electron chi connectivity index (χ0n) is 17.9. The van der Waals surface area contributed by atoms with Gasteiger partial charge in [-0.3, -0.25) is 9.20 Å². The molecular formula is C24H19N3O4S2. The van der Waals surface area contributed by atoms with E-state index in [1.165, 1.54) is 10.5 Å². The Bertz CT molecular complexity index is 1550. The molecule has 7 nitrogen and oxygen atoms in total. The van der Waals surface area contributed by atoms with Gasteiger partial charge in [0.25, 0.3) is 5.56 Å². The predicted molar refractivity (Wildman–Crippen MR) is 128 cm³/mol. The molecule has 0 amide bonds. The summed E-state index contributed by atoms with van der Waals surface area (Å²) in [6.45, 7) is 3.72. The molecule has 1 aromatic carbocycles. The molecule has 0 saturated heterocycles.